The summed E-state index contributed by atoms with van der Waals surface area (Å²) in [7, 11) is 1.43. The van der Waals surface area contributed by atoms with Crippen molar-refractivity contribution >= 4 is 28.9 Å². The highest BCUT2D eigenvalue weighted by atomic mass is 19.1. The molecule has 220 valence electrons. The van der Waals surface area contributed by atoms with E-state index in [0.717, 1.165) is 25.2 Å². The third-order valence-corrected chi connectivity index (χ3v) is 7.44. The van der Waals surface area contributed by atoms with E-state index in [1.807, 2.05) is 32.9 Å². The zero-order chi connectivity index (χ0) is 29.5. The number of amides is 2. The molecule has 2 aromatic heterocycles. The summed E-state index contributed by atoms with van der Waals surface area (Å²) in [6, 6.07) is 5.52. The molecule has 2 aliphatic rings. The number of benzene rings is 1. The fourth-order valence-corrected chi connectivity index (χ4v) is 5.47. The molecule has 2 saturated heterocycles. The van der Waals surface area contributed by atoms with Gasteiger partial charge in [-0.05, 0) is 58.7 Å². The predicted molar refractivity (Wildman–Crippen MR) is 152 cm³/mol. The molecule has 12 heteroatoms. The second kappa shape index (κ2) is 11.2. The van der Waals surface area contributed by atoms with E-state index in [1.54, 1.807) is 15.7 Å². The summed E-state index contributed by atoms with van der Waals surface area (Å²) in [6.45, 7) is 9.77. The van der Waals surface area contributed by atoms with Crippen molar-refractivity contribution < 1.29 is 28.2 Å². The Labute approximate surface area is 238 Å². The number of methoxy groups -OCH3 is 1. The molecule has 2 fully saturated rings. The van der Waals surface area contributed by atoms with E-state index >= 15 is 4.39 Å². The van der Waals surface area contributed by atoms with Gasteiger partial charge in [-0.15, -0.1) is 0 Å². The van der Waals surface area contributed by atoms with Crippen LogP contribution in [0.15, 0.2) is 24.4 Å². The molecule has 1 aromatic carbocycles. The van der Waals surface area contributed by atoms with E-state index in [-0.39, 0.29) is 29.9 Å². The van der Waals surface area contributed by atoms with Crippen molar-refractivity contribution in [3.05, 3.63) is 35.8 Å². The molecule has 1 unspecified atom stereocenters. The van der Waals surface area contributed by atoms with Gasteiger partial charge in [0.25, 0.3) is 5.91 Å². The van der Waals surface area contributed by atoms with E-state index in [9.17, 15) is 9.59 Å². The number of halogens is 1. The Kier molecular flexibility index (Phi) is 7.78. The molecule has 0 spiro atoms. The number of morpholine rings is 1. The smallest absolute Gasteiger partial charge is 0.410 e. The maximum absolute atomic E-state index is 15.6. The van der Waals surface area contributed by atoms with E-state index < -0.39 is 29.5 Å². The van der Waals surface area contributed by atoms with Crippen molar-refractivity contribution in [3.8, 4) is 17.1 Å². The van der Waals surface area contributed by atoms with Crippen molar-refractivity contribution in [2.24, 2.45) is 5.73 Å². The van der Waals surface area contributed by atoms with E-state index in [1.165, 1.54) is 13.2 Å². The number of imidazole rings is 1. The molecular formula is C29H37FN6O5. The topological polar surface area (TPSA) is 125 Å². The van der Waals surface area contributed by atoms with Gasteiger partial charge in [0.05, 0.1) is 38.5 Å². The number of anilines is 1. The van der Waals surface area contributed by atoms with Crippen LogP contribution in [0.2, 0.25) is 0 Å². The minimum atomic E-state index is -0.923. The lowest BCUT2D eigenvalue weighted by Gasteiger charge is -2.34. The predicted octanol–water partition coefficient (Wildman–Crippen LogP) is 3.97. The van der Waals surface area contributed by atoms with Gasteiger partial charge in [0, 0.05) is 30.9 Å². The van der Waals surface area contributed by atoms with Crippen LogP contribution in [0.5, 0.6) is 5.75 Å². The van der Waals surface area contributed by atoms with Gasteiger partial charge in [-0.2, -0.15) is 0 Å². The summed E-state index contributed by atoms with van der Waals surface area (Å²) in [5.74, 6) is -0.226. The lowest BCUT2D eigenvalue weighted by molar-refractivity contribution is -0.0468. The Hall–Kier alpha value is -3.93. The largest absolute Gasteiger partial charge is 0.494 e. The van der Waals surface area contributed by atoms with Crippen LogP contribution in [0, 0.1) is 5.82 Å². The Morgan fingerprint density at radius 3 is 2.63 bits per heavy atom. The highest BCUT2D eigenvalue weighted by Gasteiger charge is 2.31. The summed E-state index contributed by atoms with van der Waals surface area (Å²) >= 11 is 0. The maximum Gasteiger partial charge on any atom is 0.410 e. The number of aromatic nitrogens is 3. The number of carbonyl (C=O) groups excluding carboxylic acids is 2. The summed E-state index contributed by atoms with van der Waals surface area (Å²) in [6.07, 6.45) is 3.07. The van der Waals surface area contributed by atoms with Crippen LogP contribution < -0.4 is 15.4 Å². The normalized spacial score (nSPS) is 19.6. The molecule has 2 N–H and O–H groups in total. The standard InChI is InChI=1S/C29H37FN6O5/c1-17-7-6-10-35(17)22-9-8-18(14-32-22)27-33-24-23(30)20(26(31)37)13-21(39-5)25(24)36(27)16-19-15-34(11-12-40-19)28(38)41-29(2,3)4/h8-9,13-14,17,19H,6-7,10-12,15-16H2,1-5H3,(H2,31,37)/t17?,19-/m0/s1. The van der Waals surface area contributed by atoms with Crippen molar-refractivity contribution in [3.63, 3.8) is 0 Å². The molecule has 5 rings (SSSR count). The summed E-state index contributed by atoms with van der Waals surface area (Å²) in [5.41, 5.74) is 5.46. The average Bonchev–Trinajstić information content (AvgIpc) is 3.52. The molecule has 0 bridgehead atoms. The average molecular weight is 569 g/mol. The monoisotopic (exact) mass is 568 g/mol. The zero-order valence-electron chi connectivity index (χ0n) is 24.1. The maximum atomic E-state index is 15.6. The zero-order valence-corrected chi connectivity index (χ0v) is 24.1. The van der Waals surface area contributed by atoms with Gasteiger partial charge < -0.3 is 34.3 Å². The van der Waals surface area contributed by atoms with Crippen LogP contribution in [0.3, 0.4) is 0 Å². The molecule has 2 atom stereocenters. The second-order valence-corrected chi connectivity index (χ2v) is 11.6. The van der Waals surface area contributed by atoms with Crippen LogP contribution in [0.1, 0.15) is 50.9 Å². The molecule has 4 heterocycles. The molecule has 41 heavy (non-hydrogen) atoms. The molecule has 2 amide bonds. The molecule has 11 nitrogen and oxygen atoms in total. The van der Waals surface area contributed by atoms with Gasteiger partial charge in [-0.25, -0.2) is 19.2 Å². The van der Waals surface area contributed by atoms with Gasteiger partial charge in [-0.3, -0.25) is 4.79 Å². The van der Waals surface area contributed by atoms with Gasteiger partial charge >= 0.3 is 6.09 Å². The van der Waals surface area contributed by atoms with Crippen LogP contribution >= 0.6 is 0 Å². The number of primary amides is 1. The Morgan fingerprint density at radius 1 is 1.24 bits per heavy atom. The fourth-order valence-electron chi connectivity index (χ4n) is 5.47. The van der Waals surface area contributed by atoms with Gasteiger partial charge in [0.1, 0.15) is 34.0 Å². The van der Waals surface area contributed by atoms with E-state index in [4.69, 9.17) is 24.9 Å². The van der Waals surface area contributed by atoms with Crippen molar-refractivity contribution in [1.82, 2.24) is 19.4 Å². The summed E-state index contributed by atoms with van der Waals surface area (Å²) in [5, 5.41) is 0. The third kappa shape index (κ3) is 5.79. The first kappa shape index (κ1) is 28.6. The van der Waals surface area contributed by atoms with Crippen LogP contribution in [0.25, 0.3) is 22.4 Å². The lowest BCUT2D eigenvalue weighted by atomic mass is 10.1. The first-order valence-corrected chi connectivity index (χ1v) is 13.9. The second-order valence-electron chi connectivity index (χ2n) is 11.6. The Morgan fingerprint density at radius 2 is 2.02 bits per heavy atom. The molecule has 0 aliphatic carbocycles. The minimum Gasteiger partial charge on any atom is -0.494 e. The number of hydrogen-bond donors (Lipinski definition) is 1. The third-order valence-electron chi connectivity index (χ3n) is 7.44. The Bertz CT molecular complexity index is 1450. The molecular weight excluding hydrogens is 531 g/mol. The van der Waals surface area contributed by atoms with Crippen molar-refractivity contribution in [2.45, 2.75) is 64.8 Å². The quantitative estimate of drug-likeness (QED) is 0.474. The fraction of sp³-hybridized carbons (Fsp3) is 0.517. The number of nitrogens with zero attached hydrogens (tertiary/aromatic N) is 5. The highest BCUT2D eigenvalue weighted by molar-refractivity contribution is 5.99. The summed E-state index contributed by atoms with van der Waals surface area (Å²) in [4.78, 5) is 38.0. The van der Waals surface area contributed by atoms with E-state index in [0.29, 0.717) is 36.1 Å². The number of fused-ring (bicyclic) bond motifs is 1. The Balaban J connectivity index is 1.56. The van der Waals surface area contributed by atoms with Crippen LogP contribution in [-0.2, 0) is 16.0 Å². The number of rotatable bonds is 6. The SMILES string of the molecule is COc1cc(C(N)=O)c(F)c2nc(-c3ccc(N4CCCC4C)nc3)n(C[C@@H]3CN(C(=O)OC(C)(C)C)CCO3)c12. The van der Waals surface area contributed by atoms with Crippen LogP contribution in [0.4, 0.5) is 15.0 Å². The van der Waals surface area contributed by atoms with Crippen molar-refractivity contribution in [1.29, 1.82) is 0 Å². The van der Waals surface area contributed by atoms with Gasteiger partial charge in [0.15, 0.2) is 5.82 Å². The number of nitrogens with two attached hydrogens (primary N) is 1. The molecule has 3 aromatic rings. The van der Waals surface area contributed by atoms with Crippen molar-refractivity contribution in [2.75, 3.05) is 38.3 Å². The number of carbonyl (C=O) groups is 2. The van der Waals surface area contributed by atoms with Gasteiger partial charge in [-0.1, -0.05) is 0 Å². The first-order valence-electron chi connectivity index (χ1n) is 13.9. The summed E-state index contributed by atoms with van der Waals surface area (Å²) < 4.78 is 34.6. The molecule has 0 saturated carbocycles. The lowest BCUT2D eigenvalue weighted by Crippen LogP contribution is -2.48. The van der Waals surface area contributed by atoms with E-state index in [2.05, 4.69) is 16.8 Å². The van der Waals surface area contributed by atoms with Gasteiger partial charge in [0.2, 0.25) is 0 Å². The number of hydrogen-bond acceptors (Lipinski definition) is 8. The minimum absolute atomic E-state index is 0.0507. The number of pyridine rings is 1. The molecule has 2 aliphatic heterocycles. The van der Waals surface area contributed by atoms with Crippen LogP contribution in [-0.4, -0.2) is 82.5 Å². The first-order chi connectivity index (χ1) is 19.5. The highest BCUT2D eigenvalue weighted by Crippen LogP contribution is 2.36. The number of ether oxygens (including phenoxy) is 3. The molecule has 0 radical (unpaired) electrons.